The zero-order valence-electron chi connectivity index (χ0n) is 17.2. The maximum Gasteiger partial charge on any atom is 0.216 e. The molecular formula is C20H34IN5O2. The van der Waals surface area contributed by atoms with E-state index >= 15 is 0 Å². The van der Waals surface area contributed by atoms with Crippen LogP contribution in [-0.4, -0.2) is 63.1 Å². The fourth-order valence-electron chi connectivity index (χ4n) is 3.27. The Morgan fingerprint density at radius 2 is 1.93 bits per heavy atom. The lowest BCUT2D eigenvalue weighted by molar-refractivity contribution is -0.118. The van der Waals surface area contributed by atoms with Crippen LogP contribution >= 0.6 is 24.0 Å². The van der Waals surface area contributed by atoms with Gasteiger partial charge in [0.05, 0.1) is 19.7 Å². The number of likely N-dealkylation sites (tertiary alicyclic amines) is 1. The van der Waals surface area contributed by atoms with Crippen LogP contribution in [0.2, 0.25) is 0 Å². The number of benzene rings is 1. The first-order valence-corrected chi connectivity index (χ1v) is 9.78. The average Bonchev–Trinajstić information content (AvgIpc) is 3.19. The standard InChI is InChI=1S/C20H33N5O2.HI/c1-4-21-20(23-11-10-22-16(2)26)24-15-19(25-12-5-6-13-25)17-8-7-9-18(14-17)27-3;/h7-9,14,19H,4-6,10-13,15H2,1-3H3,(H,22,26)(H2,21,23,24);1H. The van der Waals surface area contributed by atoms with E-state index in [1.165, 1.54) is 25.3 Å². The molecule has 1 atom stereocenters. The van der Waals surface area contributed by atoms with Crippen LogP contribution < -0.4 is 20.7 Å². The lowest BCUT2D eigenvalue weighted by Crippen LogP contribution is -2.41. The molecule has 0 bridgehead atoms. The second-order valence-corrected chi connectivity index (χ2v) is 6.66. The zero-order valence-corrected chi connectivity index (χ0v) is 19.5. The molecule has 158 valence electrons. The highest BCUT2D eigenvalue weighted by Crippen LogP contribution is 2.27. The van der Waals surface area contributed by atoms with E-state index in [2.05, 4.69) is 33.0 Å². The maximum atomic E-state index is 11.0. The van der Waals surface area contributed by atoms with Gasteiger partial charge in [0.1, 0.15) is 5.75 Å². The highest BCUT2D eigenvalue weighted by Gasteiger charge is 2.23. The molecule has 1 amide bonds. The number of aliphatic imine (C=N–C) groups is 1. The quantitative estimate of drug-likeness (QED) is 0.208. The summed E-state index contributed by atoms with van der Waals surface area (Å²) in [4.78, 5) is 18.3. The summed E-state index contributed by atoms with van der Waals surface area (Å²) in [6.45, 7) is 8.44. The number of carbonyl (C=O) groups is 1. The van der Waals surface area contributed by atoms with Crippen molar-refractivity contribution < 1.29 is 9.53 Å². The normalized spacial score (nSPS) is 15.5. The number of methoxy groups -OCH3 is 1. The third-order valence-electron chi connectivity index (χ3n) is 4.62. The zero-order chi connectivity index (χ0) is 19.5. The molecule has 1 aliphatic rings. The van der Waals surface area contributed by atoms with E-state index < -0.39 is 0 Å². The number of hydrogen-bond donors (Lipinski definition) is 3. The molecule has 1 saturated heterocycles. The summed E-state index contributed by atoms with van der Waals surface area (Å²) >= 11 is 0. The van der Waals surface area contributed by atoms with Crippen LogP contribution in [-0.2, 0) is 4.79 Å². The first-order valence-electron chi connectivity index (χ1n) is 9.78. The number of ether oxygens (including phenoxy) is 1. The van der Waals surface area contributed by atoms with Crippen molar-refractivity contribution in [2.75, 3.05) is 46.4 Å². The van der Waals surface area contributed by atoms with Crippen molar-refractivity contribution >= 4 is 35.8 Å². The van der Waals surface area contributed by atoms with Gasteiger partial charge in [-0.05, 0) is 50.6 Å². The summed E-state index contributed by atoms with van der Waals surface area (Å²) in [5, 5.41) is 9.34. The van der Waals surface area contributed by atoms with Gasteiger partial charge in [-0.2, -0.15) is 0 Å². The fraction of sp³-hybridized carbons (Fsp3) is 0.600. The van der Waals surface area contributed by atoms with Gasteiger partial charge in [0.15, 0.2) is 5.96 Å². The Balaban J connectivity index is 0.00000392. The van der Waals surface area contributed by atoms with E-state index in [9.17, 15) is 4.79 Å². The lowest BCUT2D eigenvalue weighted by atomic mass is 10.1. The van der Waals surface area contributed by atoms with Crippen molar-refractivity contribution in [3.05, 3.63) is 29.8 Å². The van der Waals surface area contributed by atoms with E-state index in [1.807, 2.05) is 19.1 Å². The van der Waals surface area contributed by atoms with Gasteiger partial charge in [-0.25, -0.2) is 0 Å². The number of guanidine groups is 1. The Bertz CT molecular complexity index is 620. The Morgan fingerprint density at radius 1 is 1.21 bits per heavy atom. The van der Waals surface area contributed by atoms with Gasteiger partial charge in [-0.1, -0.05) is 12.1 Å². The van der Waals surface area contributed by atoms with E-state index in [0.717, 1.165) is 31.3 Å². The minimum atomic E-state index is -0.0224. The molecule has 8 heteroatoms. The van der Waals surface area contributed by atoms with Gasteiger partial charge >= 0.3 is 0 Å². The van der Waals surface area contributed by atoms with Gasteiger partial charge in [0.25, 0.3) is 0 Å². The number of carbonyl (C=O) groups excluding carboxylic acids is 1. The highest BCUT2D eigenvalue weighted by molar-refractivity contribution is 14.0. The van der Waals surface area contributed by atoms with E-state index in [4.69, 9.17) is 9.73 Å². The molecule has 1 aromatic rings. The number of halogens is 1. The van der Waals surface area contributed by atoms with Crippen molar-refractivity contribution in [1.82, 2.24) is 20.9 Å². The summed E-state index contributed by atoms with van der Waals surface area (Å²) < 4.78 is 5.40. The topological polar surface area (TPSA) is 78.0 Å². The first-order chi connectivity index (χ1) is 13.1. The molecule has 1 aliphatic heterocycles. The Morgan fingerprint density at radius 3 is 2.57 bits per heavy atom. The second-order valence-electron chi connectivity index (χ2n) is 6.66. The molecule has 0 aromatic heterocycles. The van der Waals surface area contributed by atoms with Crippen molar-refractivity contribution in [1.29, 1.82) is 0 Å². The molecule has 1 unspecified atom stereocenters. The van der Waals surface area contributed by atoms with Crippen molar-refractivity contribution in [3.63, 3.8) is 0 Å². The third-order valence-corrected chi connectivity index (χ3v) is 4.62. The number of amides is 1. The summed E-state index contributed by atoms with van der Waals surface area (Å²) in [5.74, 6) is 1.63. The summed E-state index contributed by atoms with van der Waals surface area (Å²) in [7, 11) is 1.70. The van der Waals surface area contributed by atoms with Gasteiger partial charge in [0.2, 0.25) is 5.91 Å². The molecule has 2 rings (SSSR count). The summed E-state index contributed by atoms with van der Waals surface area (Å²) in [5.41, 5.74) is 1.23. The van der Waals surface area contributed by atoms with Gasteiger partial charge in [-0.15, -0.1) is 24.0 Å². The summed E-state index contributed by atoms with van der Waals surface area (Å²) in [6.07, 6.45) is 2.47. The average molecular weight is 503 g/mol. The smallest absolute Gasteiger partial charge is 0.216 e. The number of nitrogens with one attached hydrogen (secondary N) is 3. The third kappa shape index (κ3) is 8.22. The first kappa shape index (κ1) is 24.5. The van der Waals surface area contributed by atoms with Crippen LogP contribution in [0.1, 0.15) is 38.3 Å². The van der Waals surface area contributed by atoms with Crippen LogP contribution in [0.4, 0.5) is 0 Å². The Hall–Kier alpha value is -1.55. The molecule has 0 spiro atoms. The molecule has 28 heavy (non-hydrogen) atoms. The molecule has 0 aliphatic carbocycles. The van der Waals surface area contributed by atoms with Crippen LogP contribution in [0.3, 0.4) is 0 Å². The molecule has 0 saturated carbocycles. The molecule has 7 nitrogen and oxygen atoms in total. The molecule has 1 fully saturated rings. The minimum Gasteiger partial charge on any atom is -0.497 e. The highest BCUT2D eigenvalue weighted by atomic mass is 127. The predicted octanol–water partition coefficient (Wildman–Crippen LogP) is 2.14. The molecular weight excluding hydrogens is 469 g/mol. The van der Waals surface area contributed by atoms with Crippen molar-refractivity contribution in [2.24, 2.45) is 4.99 Å². The second kappa shape index (κ2) is 13.6. The number of hydrogen-bond acceptors (Lipinski definition) is 4. The SMILES string of the molecule is CCNC(=NCC(c1cccc(OC)c1)N1CCCC1)NCCNC(C)=O.I. The van der Waals surface area contributed by atoms with Crippen LogP contribution in [0.15, 0.2) is 29.3 Å². The predicted molar refractivity (Wildman–Crippen MR) is 125 cm³/mol. The fourth-order valence-corrected chi connectivity index (χ4v) is 3.27. The largest absolute Gasteiger partial charge is 0.497 e. The Labute approximate surface area is 185 Å². The van der Waals surface area contributed by atoms with E-state index in [0.29, 0.717) is 19.6 Å². The van der Waals surface area contributed by atoms with Crippen molar-refractivity contribution in [3.8, 4) is 5.75 Å². The maximum absolute atomic E-state index is 11.0. The number of rotatable bonds is 9. The molecule has 1 heterocycles. The Kier molecular flexibility index (Phi) is 11.9. The van der Waals surface area contributed by atoms with Gasteiger partial charge in [0, 0.05) is 26.6 Å². The number of nitrogens with zero attached hydrogens (tertiary/aromatic N) is 2. The van der Waals surface area contributed by atoms with Gasteiger partial charge < -0.3 is 20.7 Å². The molecule has 1 aromatic carbocycles. The van der Waals surface area contributed by atoms with Crippen LogP contribution in [0.5, 0.6) is 5.75 Å². The molecule has 3 N–H and O–H groups in total. The van der Waals surface area contributed by atoms with E-state index in [-0.39, 0.29) is 35.9 Å². The van der Waals surface area contributed by atoms with Crippen molar-refractivity contribution in [2.45, 2.75) is 32.7 Å². The van der Waals surface area contributed by atoms with E-state index in [1.54, 1.807) is 7.11 Å². The molecule has 0 radical (unpaired) electrons. The lowest BCUT2D eigenvalue weighted by Gasteiger charge is -2.27. The minimum absolute atomic E-state index is 0. The van der Waals surface area contributed by atoms with Gasteiger partial charge in [-0.3, -0.25) is 14.7 Å². The van der Waals surface area contributed by atoms with Crippen LogP contribution in [0, 0.1) is 0 Å². The monoisotopic (exact) mass is 503 g/mol. The van der Waals surface area contributed by atoms with Crippen LogP contribution in [0.25, 0.3) is 0 Å². The summed E-state index contributed by atoms with van der Waals surface area (Å²) in [6, 6.07) is 8.50.